The monoisotopic (exact) mass is 398 g/mol. The fourth-order valence-corrected chi connectivity index (χ4v) is 3.66. The van der Waals surface area contributed by atoms with Gasteiger partial charge in [-0.15, -0.1) is 0 Å². The van der Waals surface area contributed by atoms with Crippen molar-refractivity contribution in [1.82, 2.24) is 4.90 Å². The highest BCUT2D eigenvalue weighted by Gasteiger charge is 2.20. The minimum Gasteiger partial charge on any atom is -0.494 e. The van der Waals surface area contributed by atoms with E-state index in [2.05, 4.69) is 22.3 Å². The molecule has 2 aromatic carbocycles. The lowest BCUT2D eigenvalue weighted by molar-refractivity contribution is -0.118. The van der Waals surface area contributed by atoms with Gasteiger partial charge < -0.3 is 15.0 Å². The molecule has 1 fully saturated rings. The molecular weight excluding hydrogens is 367 g/mol. The molecule has 3 rings (SSSR count). The van der Waals surface area contributed by atoms with Gasteiger partial charge in [-0.2, -0.15) is 0 Å². The van der Waals surface area contributed by atoms with Crippen LogP contribution in [0.2, 0.25) is 0 Å². The van der Waals surface area contributed by atoms with Gasteiger partial charge in [0.1, 0.15) is 11.6 Å². The van der Waals surface area contributed by atoms with Crippen LogP contribution >= 0.6 is 0 Å². The molecule has 0 bridgehead atoms. The second-order valence-corrected chi connectivity index (χ2v) is 8.04. The maximum absolute atomic E-state index is 12.9. The second-order valence-electron chi connectivity index (χ2n) is 8.04. The number of anilines is 1. The number of likely N-dealkylation sites (tertiary alicyclic amines) is 1. The quantitative estimate of drug-likeness (QED) is 0.631. The first-order chi connectivity index (χ1) is 14.0. The molecule has 29 heavy (non-hydrogen) atoms. The summed E-state index contributed by atoms with van der Waals surface area (Å²) in [6.07, 6.45) is 3.21. The van der Waals surface area contributed by atoms with Crippen LogP contribution in [0.25, 0.3) is 0 Å². The molecule has 0 unspecified atom stereocenters. The molecule has 2 aromatic rings. The van der Waals surface area contributed by atoms with Crippen molar-refractivity contribution in [2.24, 2.45) is 5.92 Å². The zero-order valence-corrected chi connectivity index (χ0v) is 17.4. The molecule has 0 atom stereocenters. The van der Waals surface area contributed by atoms with Crippen molar-refractivity contribution in [1.29, 1.82) is 0 Å². The lowest BCUT2D eigenvalue weighted by Crippen LogP contribution is -2.34. The van der Waals surface area contributed by atoms with Crippen LogP contribution in [0, 0.1) is 11.7 Å². The number of piperidine rings is 1. The Morgan fingerprint density at radius 3 is 2.59 bits per heavy atom. The van der Waals surface area contributed by atoms with E-state index in [0.29, 0.717) is 12.5 Å². The first-order valence-corrected chi connectivity index (χ1v) is 10.5. The molecular formula is C24H31FN2O2. The molecule has 0 spiro atoms. The molecule has 0 aromatic heterocycles. The molecule has 4 nitrogen and oxygen atoms in total. The number of amides is 1. The largest absolute Gasteiger partial charge is 0.494 e. The lowest BCUT2D eigenvalue weighted by atomic mass is 9.89. The average molecular weight is 399 g/mol. The van der Waals surface area contributed by atoms with Crippen molar-refractivity contribution < 1.29 is 13.9 Å². The van der Waals surface area contributed by atoms with Crippen molar-refractivity contribution in [2.75, 3.05) is 31.6 Å². The fraction of sp³-hybridized carbons (Fsp3) is 0.458. The maximum atomic E-state index is 12.9. The summed E-state index contributed by atoms with van der Waals surface area (Å²) in [5.74, 6) is 1.05. The predicted octanol–water partition coefficient (Wildman–Crippen LogP) is 5.07. The number of carbonyl (C=O) groups excluding carboxylic acids is 1. The van der Waals surface area contributed by atoms with E-state index in [9.17, 15) is 9.18 Å². The second kappa shape index (κ2) is 10.4. The van der Waals surface area contributed by atoms with Crippen LogP contribution in [0.1, 0.15) is 44.6 Å². The van der Waals surface area contributed by atoms with Gasteiger partial charge in [-0.1, -0.05) is 26.0 Å². The zero-order valence-electron chi connectivity index (χ0n) is 17.4. The van der Waals surface area contributed by atoms with E-state index >= 15 is 0 Å². The normalized spacial score (nSPS) is 15.4. The van der Waals surface area contributed by atoms with Crippen LogP contribution in [0.4, 0.5) is 10.1 Å². The number of nitrogens with zero attached hydrogens (tertiary/aromatic N) is 1. The van der Waals surface area contributed by atoms with Crippen LogP contribution in [0.15, 0.2) is 48.5 Å². The van der Waals surface area contributed by atoms with Gasteiger partial charge in [0.2, 0.25) is 5.91 Å². The van der Waals surface area contributed by atoms with Gasteiger partial charge >= 0.3 is 0 Å². The first-order valence-electron chi connectivity index (χ1n) is 10.5. The Balaban J connectivity index is 1.40. The fourth-order valence-electron chi connectivity index (χ4n) is 3.66. The summed E-state index contributed by atoms with van der Waals surface area (Å²) in [5.41, 5.74) is 2.20. The van der Waals surface area contributed by atoms with E-state index < -0.39 is 0 Å². The maximum Gasteiger partial charge on any atom is 0.226 e. The highest BCUT2D eigenvalue weighted by Crippen LogP contribution is 2.29. The Morgan fingerprint density at radius 1 is 1.17 bits per heavy atom. The van der Waals surface area contributed by atoms with Crippen LogP contribution in [-0.4, -0.2) is 37.0 Å². The minimum atomic E-state index is -0.243. The highest BCUT2D eigenvalue weighted by molar-refractivity contribution is 5.92. The molecule has 1 N–H and O–H groups in total. The van der Waals surface area contributed by atoms with E-state index in [1.54, 1.807) is 12.1 Å². The van der Waals surface area contributed by atoms with Gasteiger partial charge in [0, 0.05) is 18.2 Å². The predicted molar refractivity (Wildman–Crippen MR) is 115 cm³/mol. The van der Waals surface area contributed by atoms with Gasteiger partial charge in [-0.25, -0.2) is 4.39 Å². The number of nitrogens with one attached hydrogen (secondary N) is 1. The standard InChI is InChI=1S/C24H31FN2O2/c1-18(2)24(28)26-22-6-3-5-20(17-22)19-11-14-27(15-12-19)13-4-16-29-23-9-7-21(25)8-10-23/h3,5-10,17-19H,4,11-16H2,1-2H3,(H,26,28). The minimum absolute atomic E-state index is 0.0195. The third-order valence-electron chi connectivity index (χ3n) is 5.44. The summed E-state index contributed by atoms with van der Waals surface area (Å²) < 4.78 is 18.6. The molecule has 0 radical (unpaired) electrons. The number of ether oxygens (including phenoxy) is 1. The van der Waals surface area contributed by atoms with Gasteiger partial charge in [0.05, 0.1) is 6.61 Å². The smallest absolute Gasteiger partial charge is 0.226 e. The third-order valence-corrected chi connectivity index (χ3v) is 5.44. The molecule has 0 aliphatic carbocycles. The van der Waals surface area contributed by atoms with Crippen LogP contribution < -0.4 is 10.1 Å². The van der Waals surface area contributed by atoms with Crippen LogP contribution in [0.3, 0.4) is 0 Å². The van der Waals surface area contributed by atoms with E-state index in [4.69, 9.17) is 4.74 Å². The Bertz CT molecular complexity index is 784. The summed E-state index contributed by atoms with van der Waals surface area (Å²) in [4.78, 5) is 14.4. The summed E-state index contributed by atoms with van der Waals surface area (Å²) >= 11 is 0. The highest BCUT2D eigenvalue weighted by atomic mass is 19.1. The molecule has 5 heteroatoms. The number of halogens is 1. The summed E-state index contributed by atoms with van der Waals surface area (Å²) in [7, 11) is 0. The molecule has 1 saturated heterocycles. The average Bonchev–Trinajstić information content (AvgIpc) is 2.73. The van der Waals surface area contributed by atoms with Gasteiger partial charge in [-0.05, 0) is 80.2 Å². The van der Waals surface area contributed by atoms with Crippen molar-refractivity contribution in [3.63, 3.8) is 0 Å². The molecule has 1 aliphatic heterocycles. The van der Waals surface area contributed by atoms with E-state index in [-0.39, 0.29) is 17.6 Å². The molecule has 1 amide bonds. The van der Waals surface area contributed by atoms with E-state index in [0.717, 1.165) is 50.3 Å². The number of hydrogen-bond acceptors (Lipinski definition) is 3. The third kappa shape index (κ3) is 6.57. The van der Waals surface area contributed by atoms with Gasteiger partial charge in [0.25, 0.3) is 0 Å². The SMILES string of the molecule is CC(C)C(=O)Nc1cccc(C2CCN(CCCOc3ccc(F)cc3)CC2)c1. The van der Waals surface area contributed by atoms with E-state index in [1.165, 1.54) is 17.7 Å². The Labute approximate surface area is 173 Å². The summed E-state index contributed by atoms with van der Waals surface area (Å²) in [6, 6.07) is 14.5. The van der Waals surface area contributed by atoms with Crippen LogP contribution in [-0.2, 0) is 4.79 Å². The molecule has 1 heterocycles. The van der Waals surface area contributed by atoms with Gasteiger partial charge in [-0.3, -0.25) is 4.79 Å². The number of rotatable bonds is 8. The van der Waals surface area contributed by atoms with E-state index in [1.807, 2.05) is 26.0 Å². The Morgan fingerprint density at radius 2 is 1.90 bits per heavy atom. The van der Waals surface area contributed by atoms with Crippen molar-refractivity contribution in [2.45, 2.75) is 39.0 Å². The number of carbonyl (C=O) groups is 1. The zero-order chi connectivity index (χ0) is 20.6. The summed E-state index contributed by atoms with van der Waals surface area (Å²) in [5, 5.41) is 3.00. The topological polar surface area (TPSA) is 41.6 Å². The summed E-state index contributed by atoms with van der Waals surface area (Å²) in [6.45, 7) is 7.61. The Kier molecular flexibility index (Phi) is 7.64. The van der Waals surface area contributed by atoms with Gasteiger partial charge in [0.15, 0.2) is 0 Å². The van der Waals surface area contributed by atoms with Crippen molar-refractivity contribution in [3.8, 4) is 5.75 Å². The first kappa shape index (κ1) is 21.3. The lowest BCUT2D eigenvalue weighted by Gasteiger charge is -2.32. The molecule has 156 valence electrons. The van der Waals surface area contributed by atoms with Crippen molar-refractivity contribution >= 4 is 11.6 Å². The number of hydrogen-bond donors (Lipinski definition) is 1. The molecule has 1 aliphatic rings. The van der Waals surface area contributed by atoms with Crippen LogP contribution in [0.5, 0.6) is 5.75 Å². The molecule has 0 saturated carbocycles. The number of benzene rings is 2. The Hall–Kier alpha value is -2.40. The van der Waals surface area contributed by atoms with Crippen molar-refractivity contribution in [3.05, 3.63) is 59.9 Å².